The molecule has 2 aromatic carbocycles. The Morgan fingerprint density at radius 1 is 1.25 bits per heavy atom. The van der Waals surface area contributed by atoms with E-state index < -0.39 is 6.10 Å². The number of rotatable bonds is 4. The van der Waals surface area contributed by atoms with Gasteiger partial charge in [0.1, 0.15) is 11.6 Å². The number of aliphatic hydroxyl groups excluding tert-OH is 1. The molecule has 0 heterocycles. The number of benzene rings is 2. The monoisotopic (exact) mass is 294 g/mol. The maximum absolute atomic E-state index is 13.0. The highest BCUT2D eigenvalue weighted by atomic mass is 35.5. The van der Waals surface area contributed by atoms with E-state index in [4.69, 9.17) is 16.3 Å². The van der Waals surface area contributed by atoms with Crippen LogP contribution in [-0.4, -0.2) is 12.2 Å². The van der Waals surface area contributed by atoms with Gasteiger partial charge in [-0.2, -0.15) is 0 Å². The molecule has 0 aliphatic rings. The van der Waals surface area contributed by atoms with Crippen molar-refractivity contribution in [1.29, 1.82) is 0 Å². The van der Waals surface area contributed by atoms with E-state index in [0.29, 0.717) is 28.3 Å². The Hall–Kier alpha value is -1.58. The van der Waals surface area contributed by atoms with E-state index >= 15 is 0 Å². The minimum atomic E-state index is -0.756. The molecule has 1 N–H and O–H groups in total. The van der Waals surface area contributed by atoms with Crippen LogP contribution < -0.4 is 4.74 Å². The minimum Gasteiger partial charge on any atom is -0.496 e. The molecule has 0 aliphatic heterocycles. The highest BCUT2D eigenvalue weighted by Crippen LogP contribution is 2.30. The van der Waals surface area contributed by atoms with Gasteiger partial charge in [0.15, 0.2) is 0 Å². The zero-order valence-electron chi connectivity index (χ0n) is 11.4. The fourth-order valence-electron chi connectivity index (χ4n) is 2.10. The van der Waals surface area contributed by atoms with E-state index in [2.05, 4.69) is 0 Å². The van der Waals surface area contributed by atoms with Crippen molar-refractivity contribution in [3.05, 3.63) is 63.9 Å². The summed E-state index contributed by atoms with van der Waals surface area (Å²) in [5, 5.41) is 10.7. The SMILES string of the molecule is COc1cc(C)ccc1C(O)Cc1ccc(F)cc1Cl. The maximum Gasteiger partial charge on any atom is 0.124 e. The fraction of sp³-hybridized carbons (Fsp3) is 0.250. The van der Waals surface area contributed by atoms with Crippen molar-refractivity contribution in [1.82, 2.24) is 0 Å². The molecule has 0 aromatic heterocycles. The van der Waals surface area contributed by atoms with Crippen molar-refractivity contribution in [2.24, 2.45) is 0 Å². The molecule has 0 saturated heterocycles. The number of methoxy groups -OCH3 is 1. The molecule has 0 amide bonds. The lowest BCUT2D eigenvalue weighted by Crippen LogP contribution is -2.05. The first kappa shape index (κ1) is 14.8. The van der Waals surface area contributed by atoms with Gasteiger partial charge in [-0.05, 0) is 36.2 Å². The van der Waals surface area contributed by atoms with Crippen molar-refractivity contribution in [2.75, 3.05) is 7.11 Å². The molecule has 1 atom stereocenters. The van der Waals surface area contributed by atoms with Crippen LogP contribution in [0.1, 0.15) is 22.8 Å². The Bertz CT molecular complexity index is 613. The third-order valence-electron chi connectivity index (χ3n) is 3.18. The van der Waals surface area contributed by atoms with Crippen molar-refractivity contribution < 1.29 is 14.2 Å². The molecule has 106 valence electrons. The molecular weight excluding hydrogens is 279 g/mol. The number of ether oxygens (including phenoxy) is 1. The third kappa shape index (κ3) is 3.30. The zero-order valence-corrected chi connectivity index (χ0v) is 12.1. The third-order valence-corrected chi connectivity index (χ3v) is 3.53. The Labute approximate surface area is 122 Å². The first-order chi connectivity index (χ1) is 9.51. The molecule has 0 spiro atoms. The van der Waals surface area contributed by atoms with Crippen LogP contribution in [0.5, 0.6) is 5.75 Å². The summed E-state index contributed by atoms with van der Waals surface area (Å²) in [6, 6.07) is 9.77. The summed E-state index contributed by atoms with van der Waals surface area (Å²) >= 11 is 5.98. The average Bonchev–Trinajstić information content (AvgIpc) is 2.41. The molecule has 0 bridgehead atoms. The second-order valence-electron chi connectivity index (χ2n) is 4.70. The molecule has 0 saturated carbocycles. The van der Waals surface area contributed by atoms with Crippen LogP contribution in [0.15, 0.2) is 36.4 Å². The average molecular weight is 295 g/mol. The molecule has 0 radical (unpaired) electrons. The van der Waals surface area contributed by atoms with E-state index in [9.17, 15) is 9.50 Å². The minimum absolute atomic E-state index is 0.304. The Balaban J connectivity index is 2.25. The summed E-state index contributed by atoms with van der Waals surface area (Å²) in [6.45, 7) is 1.95. The molecule has 0 aliphatic carbocycles. The van der Waals surface area contributed by atoms with Gasteiger partial charge < -0.3 is 9.84 Å². The first-order valence-electron chi connectivity index (χ1n) is 6.28. The van der Waals surface area contributed by atoms with Crippen LogP contribution in [0.3, 0.4) is 0 Å². The summed E-state index contributed by atoms with van der Waals surface area (Å²) in [5.41, 5.74) is 2.44. The number of hydrogen-bond donors (Lipinski definition) is 1. The van der Waals surface area contributed by atoms with Crippen LogP contribution in [0.4, 0.5) is 4.39 Å². The van der Waals surface area contributed by atoms with Gasteiger partial charge in [-0.1, -0.05) is 29.8 Å². The fourth-order valence-corrected chi connectivity index (χ4v) is 2.34. The summed E-state index contributed by atoms with van der Waals surface area (Å²) in [4.78, 5) is 0. The Kier molecular flexibility index (Phi) is 4.63. The highest BCUT2D eigenvalue weighted by Gasteiger charge is 2.15. The molecular formula is C16H16ClFO2. The number of aryl methyl sites for hydroxylation is 1. The summed E-state index contributed by atoms with van der Waals surface area (Å²) in [7, 11) is 1.57. The van der Waals surface area contributed by atoms with Crippen LogP contribution >= 0.6 is 11.6 Å². The van der Waals surface area contributed by atoms with Gasteiger partial charge in [0.05, 0.1) is 13.2 Å². The highest BCUT2D eigenvalue weighted by molar-refractivity contribution is 6.31. The van der Waals surface area contributed by atoms with Crippen LogP contribution in [0.25, 0.3) is 0 Å². The largest absolute Gasteiger partial charge is 0.496 e. The quantitative estimate of drug-likeness (QED) is 0.921. The normalized spacial score (nSPS) is 12.2. The van der Waals surface area contributed by atoms with Gasteiger partial charge in [0.2, 0.25) is 0 Å². The zero-order chi connectivity index (χ0) is 14.7. The van der Waals surface area contributed by atoms with Gasteiger partial charge in [0, 0.05) is 17.0 Å². The predicted molar refractivity (Wildman–Crippen MR) is 77.8 cm³/mol. The Morgan fingerprint density at radius 3 is 2.65 bits per heavy atom. The van der Waals surface area contributed by atoms with Crippen molar-refractivity contribution in [3.8, 4) is 5.75 Å². The number of hydrogen-bond acceptors (Lipinski definition) is 2. The number of halogens is 2. The van der Waals surface area contributed by atoms with Gasteiger partial charge in [-0.3, -0.25) is 0 Å². The molecule has 2 nitrogen and oxygen atoms in total. The molecule has 2 aromatic rings. The summed E-state index contributed by atoms with van der Waals surface area (Å²) in [5.74, 6) is 0.247. The van der Waals surface area contributed by atoms with Crippen molar-refractivity contribution >= 4 is 11.6 Å². The van der Waals surface area contributed by atoms with Gasteiger partial charge in [0.25, 0.3) is 0 Å². The molecule has 0 fully saturated rings. The molecule has 2 rings (SSSR count). The molecule has 20 heavy (non-hydrogen) atoms. The molecule has 4 heteroatoms. The van der Waals surface area contributed by atoms with Gasteiger partial charge >= 0.3 is 0 Å². The molecule has 1 unspecified atom stereocenters. The van der Waals surface area contributed by atoms with E-state index in [-0.39, 0.29) is 5.82 Å². The van der Waals surface area contributed by atoms with Crippen LogP contribution in [0.2, 0.25) is 5.02 Å². The smallest absolute Gasteiger partial charge is 0.124 e. The summed E-state index contributed by atoms with van der Waals surface area (Å²) in [6.07, 6.45) is -0.452. The second kappa shape index (κ2) is 6.25. The van der Waals surface area contributed by atoms with E-state index in [1.54, 1.807) is 13.2 Å². The van der Waals surface area contributed by atoms with Crippen LogP contribution in [0, 0.1) is 12.7 Å². The van der Waals surface area contributed by atoms with Crippen LogP contribution in [-0.2, 0) is 6.42 Å². The lowest BCUT2D eigenvalue weighted by molar-refractivity contribution is 0.174. The Morgan fingerprint density at radius 2 is 2.00 bits per heavy atom. The van der Waals surface area contributed by atoms with Gasteiger partial charge in [-0.25, -0.2) is 4.39 Å². The van der Waals surface area contributed by atoms with E-state index in [1.165, 1.54) is 12.1 Å². The summed E-state index contributed by atoms with van der Waals surface area (Å²) < 4.78 is 18.3. The predicted octanol–water partition coefficient (Wildman–Crippen LogP) is 4.07. The van der Waals surface area contributed by atoms with Gasteiger partial charge in [-0.15, -0.1) is 0 Å². The lowest BCUT2D eigenvalue weighted by atomic mass is 9.99. The maximum atomic E-state index is 13.0. The second-order valence-corrected chi connectivity index (χ2v) is 5.11. The van der Waals surface area contributed by atoms with E-state index in [1.807, 2.05) is 25.1 Å². The van der Waals surface area contributed by atoms with Crippen molar-refractivity contribution in [3.63, 3.8) is 0 Å². The first-order valence-corrected chi connectivity index (χ1v) is 6.65. The standard InChI is InChI=1S/C16H16ClFO2/c1-10-3-6-13(16(7-10)20-2)15(19)8-11-4-5-12(18)9-14(11)17/h3-7,9,15,19H,8H2,1-2H3. The lowest BCUT2D eigenvalue weighted by Gasteiger charge is -2.16. The van der Waals surface area contributed by atoms with E-state index in [0.717, 1.165) is 5.56 Å². The topological polar surface area (TPSA) is 29.5 Å². The number of aliphatic hydroxyl groups is 1. The van der Waals surface area contributed by atoms with Crippen molar-refractivity contribution in [2.45, 2.75) is 19.4 Å².